The van der Waals surface area contributed by atoms with Gasteiger partial charge < -0.3 is 4.90 Å². The molecule has 3 heteroatoms. The first-order valence-corrected chi connectivity index (χ1v) is 4.15. The molecule has 3 nitrogen and oxygen atoms in total. The van der Waals surface area contributed by atoms with Crippen LogP contribution in [0.15, 0.2) is 0 Å². The van der Waals surface area contributed by atoms with Crippen molar-refractivity contribution in [3.8, 4) is 0 Å². The van der Waals surface area contributed by atoms with Gasteiger partial charge in [0.25, 0.3) is 0 Å². The van der Waals surface area contributed by atoms with Crippen molar-refractivity contribution < 1.29 is 9.59 Å². The summed E-state index contributed by atoms with van der Waals surface area (Å²) in [4.78, 5) is 22.9. The zero-order valence-corrected chi connectivity index (χ0v) is 8.13. The fourth-order valence-electron chi connectivity index (χ4n) is 0.996. The Morgan fingerprint density at radius 2 is 2.08 bits per heavy atom. The van der Waals surface area contributed by atoms with Gasteiger partial charge in [0.15, 0.2) is 0 Å². The Morgan fingerprint density at radius 1 is 1.58 bits per heavy atom. The number of carbonyl (C=O) groups excluding carboxylic acids is 2. The van der Waals surface area contributed by atoms with Crippen LogP contribution in [0.2, 0.25) is 0 Å². The second-order valence-electron chi connectivity index (χ2n) is 3.08. The predicted molar refractivity (Wildman–Crippen MR) is 47.4 cm³/mol. The molecule has 0 heterocycles. The third kappa shape index (κ3) is 2.64. The average molecular weight is 170 g/mol. The van der Waals surface area contributed by atoms with Crippen LogP contribution in [0.4, 0.5) is 0 Å². The van der Waals surface area contributed by atoms with Gasteiger partial charge in [0, 0.05) is 14.0 Å². The van der Waals surface area contributed by atoms with E-state index in [9.17, 15) is 9.59 Å². The summed E-state index contributed by atoms with van der Waals surface area (Å²) in [7, 11) is 1.63. The van der Waals surface area contributed by atoms with Gasteiger partial charge in [-0.05, 0) is 5.92 Å². The van der Waals surface area contributed by atoms with E-state index < -0.39 is 6.04 Å². The highest BCUT2D eigenvalue weighted by Gasteiger charge is 2.22. The molecule has 0 N–H and O–H groups in total. The summed E-state index contributed by atoms with van der Waals surface area (Å²) in [5.41, 5.74) is 0. The van der Waals surface area contributed by atoms with Gasteiger partial charge in [-0.1, -0.05) is 20.3 Å². The van der Waals surface area contributed by atoms with Crippen LogP contribution in [0, 0.1) is 5.92 Å². The summed E-state index contributed by atoms with van der Waals surface area (Å²) >= 11 is 0. The van der Waals surface area contributed by atoms with Crippen molar-refractivity contribution in [3.63, 3.8) is 0 Å². The number of likely N-dealkylation sites (N-methyl/N-ethyl adjacent to an activating group) is 1. The monoisotopic (exact) mass is 170 g/mol. The maximum Gasteiger partial charge on any atom is 0.223 e. The lowest BCUT2D eigenvalue weighted by atomic mass is 9.99. The SMILES string of the molecule is CC[C@H](C)[C@@H]([C]=O)N(C)C(C)=O. The first-order chi connectivity index (χ1) is 5.54. The van der Waals surface area contributed by atoms with Gasteiger partial charge in [-0.15, -0.1) is 0 Å². The number of rotatable bonds is 4. The highest BCUT2D eigenvalue weighted by molar-refractivity contribution is 5.77. The summed E-state index contributed by atoms with van der Waals surface area (Å²) in [6.45, 7) is 5.38. The molecule has 0 saturated carbocycles. The topological polar surface area (TPSA) is 37.4 Å². The highest BCUT2D eigenvalue weighted by Crippen LogP contribution is 2.11. The molecule has 1 amide bonds. The molecule has 0 saturated heterocycles. The molecule has 0 aromatic carbocycles. The first-order valence-electron chi connectivity index (χ1n) is 4.15. The molecule has 0 spiro atoms. The lowest BCUT2D eigenvalue weighted by Crippen LogP contribution is -2.40. The molecule has 0 unspecified atom stereocenters. The van der Waals surface area contributed by atoms with Crippen LogP contribution < -0.4 is 0 Å². The highest BCUT2D eigenvalue weighted by atomic mass is 16.2. The van der Waals surface area contributed by atoms with E-state index in [2.05, 4.69) is 0 Å². The van der Waals surface area contributed by atoms with Gasteiger partial charge in [0.1, 0.15) is 6.04 Å². The lowest BCUT2D eigenvalue weighted by molar-refractivity contribution is -0.129. The Labute approximate surface area is 73.7 Å². The van der Waals surface area contributed by atoms with E-state index in [0.29, 0.717) is 0 Å². The van der Waals surface area contributed by atoms with Crippen LogP contribution in [0.25, 0.3) is 0 Å². The molecule has 12 heavy (non-hydrogen) atoms. The van der Waals surface area contributed by atoms with Gasteiger partial charge in [0.2, 0.25) is 12.2 Å². The van der Waals surface area contributed by atoms with Gasteiger partial charge in [-0.3, -0.25) is 9.59 Å². The normalized spacial score (nSPS) is 15.0. The van der Waals surface area contributed by atoms with Crippen LogP contribution in [0.5, 0.6) is 0 Å². The predicted octanol–water partition coefficient (Wildman–Crippen LogP) is 0.989. The van der Waals surface area contributed by atoms with Gasteiger partial charge in [0.05, 0.1) is 0 Å². The van der Waals surface area contributed by atoms with Gasteiger partial charge >= 0.3 is 0 Å². The Kier molecular flexibility index (Phi) is 4.55. The van der Waals surface area contributed by atoms with E-state index in [0.717, 1.165) is 6.42 Å². The molecule has 0 aliphatic rings. The maximum absolute atomic E-state index is 10.9. The minimum atomic E-state index is -0.396. The third-order valence-corrected chi connectivity index (χ3v) is 2.22. The van der Waals surface area contributed by atoms with E-state index in [1.165, 1.54) is 11.8 Å². The fourth-order valence-corrected chi connectivity index (χ4v) is 0.996. The van der Waals surface area contributed by atoms with Crippen molar-refractivity contribution in [2.75, 3.05) is 7.05 Å². The minimum absolute atomic E-state index is 0.0938. The second kappa shape index (κ2) is 4.91. The van der Waals surface area contributed by atoms with Crippen LogP contribution >= 0.6 is 0 Å². The lowest BCUT2D eigenvalue weighted by Gasteiger charge is -2.26. The van der Waals surface area contributed by atoms with Crippen molar-refractivity contribution in [2.24, 2.45) is 5.92 Å². The van der Waals surface area contributed by atoms with Crippen LogP contribution in [0.1, 0.15) is 27.2 Å². The Bertz CT molecular complexity index is 168. The quantitative estimate of drug-likeness (QED) is 0.631. The Hall–Kier alpha value is -0.860. The van der Waals surface area contributed by atoms with Crippen LogP contribution in [-0.4, -0.2) is 30.2 Å². The maximum atomic E-state index is 10.9. The molecule has 2 atom stereocenters. The van der Waals surface area contributed by atoms with Crippen LogP contribution in [-0.2, 0) is 9.59 Å². The average Bonchev–Trinajstić information content (AvgIpc) is 2.05. The van der Waals surface area contributed by atoms with Crippen molar-refractivity contribution >= 4 is 12.2 Å². The van der Waals surface area contributed by atoms with Gasteiger partial charge in [-0.2, -0.15) is 0 Å². The summed E-state index contributed by atoms with van der Waals surface area (Å²) < 4.78 is 0. The summed E-state index contributed by atoms with van der Waals surface area (Å²) in [5, 5.41) is 0. The minimum Gasteiger partial charge on any atom is -0.335 e. The molecule has 0 fully saturated rings. The molecule has 1 radical (unpaired) electrons. The van der Waals surface area contributed by atoms with Crippen LogP contribution in [0.3, 0.4) is 0 Å². The molecular weight excluding hydrogens is 154 g/mol. The Morgan fingerprint density at radius 3 is 2.33 bits per heavy atom. The molecule has 0 aromatic rings. The number of nitrogens with zero attached hydrogens (tertiary/aromatic N) is 1. The standard InChI is InChI=1S/C9H16NO2/c1-5-7(2)9(6-11)10(4)8(3)12/h7,9H,5H2,1-4H3/t7-,9+/m0/s1. The number of carbonyl (C=O) groups is 1. The fraction of sp³-hybridized carbons (Fsp3) is 0.778. The molecule has 69 valence electrons. The van der Waals surface area contributed by atoms with Gasteiger partial charge in [-0.25, -0.2) is 0 Å². The molecule has 0 aliphatic carbocycles. The van der Waals surface area contributed by atoms with Crippen molar-refractivity contribution in [1.29, 1.82) is 0 Å². The van der Waals surface area contributed by atoms with Crippen molar-refractivity contribution in [3.05, 3.63) is 0 Å². The molecule has 0 aromatic heterocycles. The number of amides is 1. The number of hydrogen-bond donors (Lipinski definition) is 0. The van der Waals surface area contributed by atoms with E-state index in [1.807, 2.05) is 20.1 Å². The zero-order valence-electron chi connectivity index (χ0n) is 8.13. The summed E-state index contributed by atoms with van der Waals surface area (Å²) in [5.74, 6) is 0.0834. The third-order valence-electron chi connectivity index (χ3n) is 2.22. The second-order valence-corrected chi connectivity index (χ2v) is 3.08. The first kappa shape index (κ1) is 11.1. The molecule has 0 rings (SSSR count). The summed E-state index contributed by atoms with van der Waals surface area (Å²) in [6.07, 6.45) is 2.76. The van der Waals surface area contributed by atoms with Crippen molar-refractivity contribution in [1.82, 2.24) is 4.90 Å². The van der Waals surface area contributed by atoms with E-state index in [-0.39, 0.29) is 11.8 Å². The molecule has 0 bridgehead atoms. The van der Waals surface area contributed by atoms with E-state index >= 15 is 0 Å². The Balaban J connectivity index is 4.33. The number of hydrogen-bond acceptors (Lipinski definition) is 2. The molecule has 0 aliphatic heterocycles. The molecular formula is C9H16NO2. The van der Waals surface area contributed by atoms with E-state index in [4.69, 9.17) is 0 Å². The zero-order chi connectivity index (χ0) is 9.72. The van der Waals surface area contributed by atoms with E-state index in [1.54, 1.807) is 7.05 Å². The van der Waals surface area contributed by atoms with Crippen molar-refractivity contribution in [2.45, 2.75) is 33.2 Å². The summed E-state index contributed by atoms with van der Waals surface area (Å²) in [6, 6.07) is -0.396. The smallest absolute Gasteiger partial charge is 0.223 e. The largest absolute Gasteiger partial charge is 0.335 e.